The summed E-state index contributed by atoms with van der Waals surface area (Å²) in [4.78, 5) is 25.3. The summed E-state index contributed by atoms with van der Waals surface area (Å²) in [5.74, 6) is -0.720. The maximum absolute atomic E-state index is 13.0. The Morgan fingerprint density at radius 1 is 1.14 bits per heavy atom. The number of hydrogen-bond donors (Lipinski definition) is 3. The Hall–Kier alpha value is -3.08. The van der Waals surface area contributed by atoms with Crippen LogP contribution in [0.15, 0.2) is 84.6 Å². The van der Waals surface area contributed by atoms with E-state index in [1.165, 1.54) is 6.08 Å². The zero-order chi connectivity index (χ0) is 36.7. The Bertz CT molecular complexity index is 1290. The molecule has 3 N–H and O–H groups in total. The van der Waals surface area contributed by atoms with Crippen molar-refractivity contribution >= 4 is 11.9 Å². The number of hydrogen-bond acceptors (Lipinski definition) is 9. The number of aliphatic hydroxyl groups excluding tert-OH is 3. The number of carbonyl (C=O) groups excluding carboxylic acids is 2. The predicted molar refractivity (Wildman–Crippen MR) is 195 cm³/mol. The van der Waals surface area contributed by atoms with Gasteiger partial charge in [0.05, 0.1) is 42.5 Å². The minimum Gasteiger partial charge on any atom is -0.459 e. The molecule has 0 amide bonds. The van der Waals surface area contributed by atoms with E-state index in [-0.39, 0.29) is 43.9 Å². The molecular formula is C41H60O9. The average Bonchev–Trinajstić information content (AvgIpc) is 3.07. The van der Waals surface area contributed by atoms with Crippen LogP contribution in [0.2, 0.25) is 0 Å². The smallest absolute Gasteiger partial charge is 0.335 e. The van der Waals surface area contributed by atoms with Crippen LogP contribution in [0.1, 0.15) is 86.0 Å². The van der Waals surface area contributed by atoms with Gasteiger partial charge in [-0.2, -0.15) is 0 Å². The fraction of sp³-hybridized carbons (Fsp3) is 0.610. The molecule has 9 nitrogen and oxygen atoms in total. The van der Waals surface area contributed by atoms with Gasteiger partial charge in [0.15, 0.2) is 6.10 Å². The maximum atomic E-state index is 13.0. The summed E-state index contributed by atoms with van der Waals surface area (Å²) >= 11 is 0. The lowest BCUT2D eigenvalue weighted by atomic mass is 9.73. The van der Waals surface area contributed by atoms with Gasteiger partial charge < -0.3 is 34.3 Å². The highest BCUT2D eigenvalue weighted by Gasteiger charge is 2.49. The van der Waals surface area contributed by atoms with Crippen LogP contribution in [-0.4, -0.2) is 83.2 Å². The number of ether oxygens (including phenoxy) is 4. The lowest BCUT2D eigenvalue weighted by Gasteiger charge is -2.47. The van der Waals surface area contributed by atoms with Crippen LogP contribution in [0.3, 0.4) is 0 Å². The summed E-state index contributed by atoms with van der Waals surface area (Å²) in [5, 5.41) is 31.6. The molecular weight excluding hydrogens is 636 g/mol. The van der Waals surface area contributed by atoms with Gasteiger partial charge in [-0.05, 0) is 50.5 Å². The number of allylic oxidation sites excluding steroid dienone is 6. The van der Waals surface area contributed by atoms with Crippen LogP contribution < -0.4 is 0 Å². The Morgan fingerprint density at radius 2 is 1.92 bits per heavy atom. The topological polar surface area (TPSA) is 132 Å². The summed E-state index contributed by atoms with van der Waals surface area (Å²) in [6.45, 7) is 13.9. The first-order chi connectivity index (χ1) is 23.8. The number of fused-ring (bicyclic) bond motifs is 4. The Labute approximate surface area is 299 Å². The monoisotopic (exact) mass is 696 g/mol. The molecule has 0 aromatic rings. The number of aliphatic hydroxyl groups is 3. The molecule has 3 aliphatic rings. The zero-order valence-electron chi connectivity index (χ0n) is 30.6. The van der Waals surface area contributed by atoms with Crippen molar-refractivity contribution in [1.29, 1.82) is 0 Å². The van der Waals surface area contributed by atoms with Gasteiger partial charge in [-0.15, -0.1) is 0 Å². The van der Waals surface area contributed by atoms with Crippen molar-refractivity contribution in [1.82, 2.24) is 0 Å². The van der Waals surface area contributed by atoms with Crippen molar-refractivity contribution in [2.75, 3.05) is 13.2 Å². The van der Waals surface area contributed by atoms with Crippen LogP contribution >= 0.6 is 0 Å². The maximum Gasteiger partial charge on any atom is 0.335 e. The second-order valence-corrected chi connectivity index (χ2v) is 14.6. The molecule has 0 aromatic heterocycles. The van der Waals surface area contributed by atoms with Gasteiger partial charge in [-0.1, -0.05) is 101 Å². The van der Waals surface area contributed by atoms with E-state index < -0.39 is 41.8 Å². The predicted octanol–water partition coefficient (Wildman–Crippen LogP) is 6.41. The molecule has 0 spiro atoms. The molecule has 2 fully saturated rings. The third kappa shape index (κ3) is 13.2. The molecule has 3 rings (SSSR count). The first-order valence-corrected chi connectivity index (χ1v) is 18.1. The van der Waals surface area contributed by atoms with Gasteiger partial charge in [-0.25, -0.2) is 9.59 Å². The molecule has 3 heterocycles. The largest absolute Gasteiger partial charge is 0.459 e. The molecule has 0 aliphatic carbocycles. The van der Waals surface area contributed by atoms with Gasteiger partial charge in [-0.3, -0.25) is 0 Å². The third-order valence-electron chi connectivity index (χ3n) is 9.79. The van der Waals surface area contributed by atoms with Gasteiger partial charge in [0, 0.05) is 31.3 Å². The van der Waals surface area contributed by atoms with Crippen LogP contribution in [0.4, 0.5) is 0 Å². The average molecular weight is 697 g/mol. The summed E-state index contributed by atoms with van der Waals surface area (Å²) in [7, 11) is 0. The molecule has 4 bridgehead atoms. The molecule has 9 atom stereocenters. The lowest BCUT2D eigenvalue weighted by molar-refractivity contribution is -0.198. The summed E-state index contributed by atoms with van der Waals surface area (Å²) in [6.07, 6.45) is 21.0. The molecule has 2 saturated heterocycles. The minimum absolute atomic E-state index is 0.0218. The minimum atomic E-state index is -1.31. The van der Waals surface area contributed by atoms with Gasteiger partial charge >= 0.3 is 11.9 Å². The van der Waals surface area contributed by atoms with Gasteiger partial charge in [0.25, 0.3) is 0 Å². The first kappa shape index (κ1) is 41.3. The van der Waals surface area contributed by atoms with Crippen LogP contribution in [0.5, 0.6) is 0 Å². The van der Waals surface area contributed by atoms with Crippen molar-refractivity contribution in [2.45, 2.75) is 129 Å². The SMILES string of the molecule is C=C(CCC(C)C)COC(=O)C(O)C/C=C\CC1OC2/C=C/C/C=C/C(C)=C\C3OC(C/C=C/C=C/C(=O)OC(C2)C1(C)CO)CC(O)C3C. The van der Waals surface area contributed by atoms with Crippen molar-refractivity contribution in [3.63, 3.8) is 0 Å². The summed E-state index contributed by atoms with van der Waals surface area (Å²) in [5.41, 5.74) is 0.954. The fourth-order valence-electron chi connectivity index (χ4n) is 6.27. The molecule has 3 aliphatic heterocycles. The summed E-state index contributed by atoms with van der Waals surface area (Å²) in [6, 6.07) is 0. The fourth-order valence-corrected chi connectivity index (χ4v) is 6.27. The van der Waals surface area contributed by atoms with Crippen LogP contribution in [-0.2, 0) is 28.5 Å². The van der Waals surface area contributed by atoms with E-state index >= 15 is 0 Å². The van der Waals surface area contributed by atoms with Crippen molar-refractivity contribution in [2.24, 2.45) is 17.3 Å². The van der Waals surface area contributed by atoms with Crippen molar-refractivity contribution < 1.29 is 43.9 Å². The van der Waals surface area contributed by atoms with E-state index in [0.29, 0.717) is 38.0 Å². The molecule has 0 aromatic carbocycles. The second-order valence-electron chi connectivity index (χ2n) is 14.6. The van der Waals surface area contributed by atoms with E-state index in [4.69, 9.17) is 18.9 Å². The summed E-state index contributed by atoms with van der Waals surface area (Å²) < 4.78 is 23.9. The second kappa shape index (κ2) is 20.7. The molecule has 0 radical (unpaired) electrons. The third-order valence-corrected chi connectivity index (χ3v) is 9.79. The zero-order valence-corrected chi connectivity index (χ0v) is 30.6. The quantitative estimate of drug-likeness (QED) is 0.166. The van der Waals surface area contributed by atoms with E-state index in [9.17, 15) is 24.9 Å². The molecule has 0 saturated carbocycles. The molecule has 50 heavy (non-hydrogen) atoms. The van der Waals surface area contributed by atoms with Crippen molar-refractivity contribution in [3.05, 3.63) is 84.6 Å². The van der Waals surface area contributed by atoms with Crippen molar-refractivity contribution in [3.8, 4) is 0 Å². The Balaban J connectivity index is 1.71. The highest BCUT2D eigenvalue weighted by molar-refractivity contribution is 5.82. The molecule has 278 valence electrons. The van der Waals surface area contributed by atoms with Gasteiger partial charge in [0.2, 0.25) is 0 Å². The van der Waals surface area contributed by atoms with E-state index in [2.05, 4.69) is 26.5 Å². The van der Waals surface area contributed by atoms with Crippen LogP contribution in [0, 0.1) is 17.3 Å². The van der Waals surface area contributed by atoms with Gasteiger partial charge in [0.1, 0.15) is 12.7 Å². The normalized spacial score (nSPS) is 35.3. The molecule has 9 heteroatoms. The first-order valence-electron chi connectivity index (χ1n) is 18.1. The number of carbonyl (C=O) groups is 2. The van der Waals surface area contributed by atoms with E-state index in [0.717, 1.165) is 24.0 Å². The lowest BCUT2D eigenvalue weighted by Crippen LogP contribution is -2.55. The number of esters is 2. The van der Waals surface area contributed by atoms with E-state index in [1.54, 1.807) is 18.2 Å². The van der Waals surface area contributed by atoms with Crippen LogP contribution in [0.25, 0.3) is 0 Å². The number of rotatable bonds is 11. The molecule has 9 unspecified atom stereocenters. The Kier molecular flexibility index (Phi) is 17.1. The highest BCUT2D eigenvalue weighted by Crippen LogP contribution is 2.41. The Morgan fingerprint density at radius 3 is 2.66 bits per heavy atom. The standard InChI is InChI=1S/C41H60O9/c1-28(2)21-22-30(4)26-47-40(46)34(43)18-13-14-19-37-41(6,27-42)38-25-33(49-37)17-10-7-9-15-29(3)23-36-31(5)35(44)24-32(48-36)16-11-8-12-20-39(45)50-38/h8-15,17,20,23,28,31-38,42-44H,4,7,16,18-19,21-22,24-27H2,1-3,5-6H3/b11-8+,14-13-,15-9+,17-10+,20-12+,29-23-. The van der Waals surface area contributed by atoms with E-state index in [1.807, 2.05) is 57.2 Å². The highest BCUT2D eigenvalue weighted by atomic mass is 16.6.